The van der Waals surface area contributed by atoms with Crippen molar-refractivity contribution in [1.82, 2.24) is 13.7 Å². The Balaban J connectivity index is 0.000000110. The molecule has 0 N–H and O–H groups in total. The number of hydrogen-bond donors (Lipinski definition) is 0. The van der Waals surface area contributed by atoms with Crippen LogP contribution >= 0.6 is 0 Å². The van der Waals surface area contributed by atoms with E-state index in [4.69, 9.17) is 4.74 Å². The van der Waals surface area contributed by atoms with E-state index in [-0.39, 0.29) is 5.41 Å². The lowest BCUT2D eigenvalue weighted by Gasteiger charge is -2.21. The van der Waals surface area contributed by atoms with Gasteiger partial charge in [-0.25, -0.2) is 0 Å². The maximum absolute atomic E-state index is 5.45. The van der Waals surface area contributed by atoms with Crippen LogP contribution in [0.2, 0.25) is 0 Å². The molecule has 0 amide bonds. The van der Waals surface area contributed by atoms with Crippen LogP contribution in [0, 0.1) is 0 Å². The number of benzene rings is 24. The summed E-state index contributed by atoms with van der Waals surface area (Å²) in [5.41, 5.74) is 32.2. The predicted molar refractivity (Wildman–Crippen MR) is 594 cm³/mol. The zero-order valence-electron chi connectivity index (χ0n) is 77.7. The number of aromatic nitrogens is 3. The Hall–Kier alpha value is -17.7. The highest BCUT2D eigenvalue weighted by Gasteiger charge is 2.25. The monoisotopic (exact) mass is 1770 g/mol. The van der Waals surface area contributed by atoms with Gasteiger partial charge in [-0.1, -0.05) is 433 Å². The van der Waals surface area contributed by atoms with Gasteiger partial charge in [0.05, 0.1) is 40.2 Å². The van der Waals surface area contributed by atoms with Crippen molar-refractivity contribution in [2.45, 2.75) is 26.2 Å². The standard InChI is InChI=1S/C48H37N.C45H31NO.C42H27N/c1-48(2,3)36-28-24-35(25-29-36)47-42-16-6-4-14-40(42)46(41-15-5-7-17-43(41)47)34-22-20-32(21-23-34)33-26-30-37(31-27-33)49-44-18-10-8-12-38(44)39-13-9-11-19-45(39)49;1-47-35-28-24-33(25-29-35)45-40-14-4-2-12-38(40)44(39-13-3-5-15-41(39)45)32-20-18-30(19-21-32)31-22-26-34(27-23-31)46-42-16-8-6-10-36(42)37-11-7-9-17-43(37)46;1-2-12-28(13-3-1)41-35-16-4-6-18-37(35)42(38-19-7-5-17-36(38)41)31-23-22-30-27-32(25-24-29(30)26-31)43-39-20-10-8-14-33(39)34-15-9-11-21-40(34)43/h4-31H,1-3H3;2-29H,1H3;1-27H. The average molecular weight is 1780 g/mol. The zero-order chi connectivity index (χ0) is 92.8. The molecule has 0 saturated carbocycles. The lowest BCUT2D eigenvalue weighted by molar-refractivity contribution is 0.415. The fraction of sp³-hybridized carbons (Fsp3) is 0.0370. The summed E-state index contributed by atoms with van der Waals surface area (Å²) in [6.07, 6.45) is 0. The summed E-state index contributed by atoms with van der Waals surface area (Å²) >= 11 is 0. The number of rotatable bonds is 12. The van der Waals surface area contributed by atoms with Gasteiger partial charge in [0.1, 0.15) is 5.75 Å². The van der Waals surface area contributed by atoms with Crippen molar-refractivity contribution in [2.75, 3.05) is 7.11 Å². The van der Waals surface area contributed by atoms with Crippen molar-refractivity contribution >= 4 is 141 Å². The molecular formula is C135H95N3O. The molecule has 0 radical (unpaired) electrons. The molecule has 0 atom stereocenters. The molecule has 24 aromatic carbocycles. The molecule has 3 aromatic heterocycles. The fourth-order valence-electron chi connectivity index (χ4n) is 22.1. The molecule has 139 heavy (non-hydrogen) atoms. The second-order valence-electron chi connectivity index (χ2n) is 37.5. The normalized spacial score (nSPS) is 11.7. The molecule has 27 rings (SSSR count). The third kappa shape index (κ3) is 14.5. The van der Waals surface area contributed by atoms with Crippen molar-refractivity contribution in [3.63, 3.8) is 0 Å². The SMILES string of the molecule is CC(C)(C)c1ccc(-c2c3ccccc3c(-c3ccc(-c4ccc(-n5c6ccccc6c6ccccc65)cc4)cc3)c3ccccc23)cc1.COc1ccc(-c2c3ccccc3c(-c3ccc(-c4ccc(-n5c6ccccc6c6ccccc65)cc4)cc3)c3ccccc23)cc1.c1ccc(-c2c3ccccc3c(-c3ccc4cc(-n5c6ccccc6c6ccccc65)ccc4c3)c3ccccc23)cc1. The molecule has 4 nitrogen and oxygen atoms in total. The van der Waals surface area contributed by atoms with Gasteiger partial charge >= 0.3 is 0 Å². The van der Waals surface area contributed by atoms with Gasteiger partial charge < -0.3 is 18.4 Å². The van der Waals surface area contributed by atoms with E-state index in [0.29, 0.717) is 0 Å². The minimum absolute atomic E-state index is 0.118. The van der Waals surface area contributed by atoms with E-state index in [2.05, 4.69) is 526 Å². The summed E-state index contributed by atoms with van der Waals surface area (Å²) in [6, 6.07) is 183. The second-order valence-corrected chi connectivity index (χ2v) is 37.5. The number of nitrogens with zero attached hydrogens (tertiary/aromatic N) is 3. The average Bonchev–Trinajstić information content (AvgIpc) is 1.41. The molecule has 0 bridgehead atoms. The smallest absolute Gasteiger partial charge is 0.118 e. The maximum Gasteiger partial charge on any atom is 0.118 e. The first kappa shape index (κ1) is 83.1. The molecule has 0 saturated heterocycles. The van der Waals surface area contributed by atoms with E-state index in [0.717, 1.165) is 11.4 Å². The first-order valence-corrected chi connectivity index (χ1v) is 48.1. The number of para-hydroxylation sites is 6. The molecule has 0 aliphatic rings. The van der Waals surface area contributed by atoms with Crippen molar-refractivity contribution < 1.29 is 4.74 Å². The fourth-order valence-corrected chi connectivity index (χ4v) is 22.1. The summed E-state index contributed by atoms with van der Waals surface area (Å²) in [5, 5.41) is 25.4. The summed E-state index contributed by atoms with van der Waals surface area (Å²) in [5.74, 6) is 0.862. The summed E-state index contributed by atoms with van der Waals surface area (Å²) < 4.78 is 12.6. The first-order chi connectivity index (χ1) is 68.6. The Bertz CT molecular complexity index is 9130. The molecular weight excluding hydrogens is 1680 g/mol. The van der Waals surface area contributed by atoms with Gasteiger partial charge in [-0.05, 0) is 266 Å². The van der Waals surface area contributed by atoms with Gasteiger partial charge in [-0.15, -0.1) is 0 Å². The Morgan fingerprint density at radius 1 is 0.158 bits per heavy atom. The molecule has 0 spiro atoms. The van der Waals surface area contributed by atoms with Crippen LogP contribution in [0.15, 0.2) is 504 Å². The highest BCUT2D eigenvalue weighted by atomic mass is 16.5. The van der Waals surface area contributed by atoms with Gasteiger partial charge in [-0.2, -0.15) is 0 Å². The van der Waals surface area contributed by atoms with Crippen LogP contribution in [0.25, 0.3) is 247 Å². The van der Waals surface area contributed by atoms with Crippen molar-refractivity contribution in [1.29, 1.82) is 0 Å². The second kappa shape index (κ2) is 34.6. The van der Waals surface area contributed by atoms with Gasteiger partial charge in [0.25, 0.3) is 0 Å². The molecule has 656 valence electrons. The number of methoxy groups -OCH3 is 1. The van der Waals surface area contributed by atoms with E-state index in [1.807, 2.05) is 12.1 Å². The maximum atomic E-state index is 5.45. The number of fused-ring (bicyclic) bond motifs is 16. The Morgan fingerprint density at radius 2 is 0.353 bits per heavy atom. The quantitative estimate of drug-likeness (QED) is 0.112. The van der Waals surface area contributed by atoms with Crippen LogP contribution in [0.5, 0.6) is 5.75 Å². The molecule has 4 heteroatoms. The molecule has 0 unspecified atom stereocenters. The van der Waals surface area contributed by atoms with Crippen molar-refractivity contribution in [3.8, 4) is 112 Å². The lowest BCUT2D eigenvalue weighted by atomic mass is 9.83. The van der Waals surface area contributed by atoms with Crippen LogP contribution < -0.4 is 4.74 Å². The van der Waals surface area contributed by atoms with Crippen molar-refractivity contribution in [2.24, 2.45) is 0 Å². The van der Waals surface area contributed by atoms with Crippen LogP contribution in [0.3, 0.4) is 0 Å². The Labute approximate surface area is 807 Å². The summed E-state index contributed by atoms with van der Waals surface area (Å²) in [7, 11) is 1.71. The minimum atomic E-state index is 0.118. The third-order valence-electron chi connectivity index (χ3n) is 28.7. The van der Waals surface area contributed by atoms with Gasteiger partial charge in [0, 0.05) is 49.4 Å². The highest BCUT2D eigenvalue weighted by molar-refractivity contribution is 6.25. The molecule has 0 aliphatic heterocycles. The Kier molecular flexibility index (Phi) is 20.7. The van der Waals surface area contributed by atoms with Crippen LogP contribution in [0.4, 0.5) is 0 Å². The number of ether oxygens (including phenoxy) is 1. The van der Waals surface area contributed by atoms with E-state index in [9.17, 15) is 0 Å². The van der Waals surface area contributed by atoms with Crippen molar-refractivity contribution in [3.05, 3.63) is 509 Å². The largest absolute Gasteiger partial charge is 0.497 e. The molecule has 27 aromatic rings. The van der Waals surface area contributed by atoms with E-state index < -0.39 is 0 Å². The minimum Gasteiger partial charge on any atom is -0.497 e. The predicted octanol–water partition coefficient (Wildman–Crippen LogP) is 37.1. The zero-order valence-corrected chi connectivity index (χ0v) is 77.7. The van der Waals surface area contributed by atoms with Gasteiger partial charge in [-0.3, -0.25) is 0 Å². The van der Waals surface area contributed by atoms with Gasteiger partial charge in [0.2, 0.25) is 0 Å². The third-order valence-corrected chi connectivity index (χ3v) is 28.7. The van der Waals surface area contributed by atoms with Gasteiger partial charge in [0.15, 0.2) is 0 Å². The molecule has 0 fully saturated rings. The molecule has 0 aliphatic carbocycles. The van der Waals surface area contributed by atoms with Crippen LogP contribution in [0.1, 0.15) is 26.3 Å². The highest BCUT2D eigenvalue weighted by Crippen LogP contribution is 2.50. The summed E-state index contributed by atoms with van der Waals surface area (Å²) in [6.45, 7) is 6.82. The van der Waals surface area contributed by atoms with Crippen LogP contribution in [-0.2, 0) is 5.41 Å². The Morgan fingerprint density at radius 3 is 0.633 bits per heavy atom. The molecule has 3 heterocycles. The first-order valence-electron chi connectivity index (χ1n) is 48.1. The lowest BCUT2D eigenvalue weighted by Crippen LogP contribution is -2.10. The van der Waals surface area contributed by atoms with Crippen LogP contribution in [-0.4, -0.2) is 20.8 Å². The topological polar surface area (TPSA) is 24.0 Å². The van der Waals surface area contributed by atoms with E-state index in [1.165, 1.54) is 247 Å². The van der Waals surface area contributed by atoms with E-state index >= 15 is 0 Å². The number of hydrogen-bond acceptors (Lipinski definition) is 1. The van der Waals surface area contributed by atoms with E-state index in [1.54, 1.807) is 7.11 Å². The summed E-state index contributed by atoms with van der Waals surface area (Å²) in [4.78, 5) is 0.